The largest absolute Gasteiger partial charge is 0.496 e. The first-order valence-electron chi connectivity index (χ1n) is 15.0. The van der Waals surface area contributed by atoms with Gasteiger partial charge in [-0.2, -0.15) is 0 Å². The van der Waals surface area contributed by atoms with Crippen LogP contribution in [0.3, 0.4) is 0 Å². The van der Waals surface area contributed by atoms with Crippen LogP contribution in [0.15, 0.2) is 128 Å². The van der Waals surface area contributed by atoms with Crippen LogP contribution in [0.1, 0.15) is 0 Å². The summed E-state index contributed by atoms with van der Waals surface area (Å²) in [6, 6.07) is 28.5. The first-order valence-corrected chi connectivity index (χ1v) is 15.0. The second-order valence-corrected chi connectivity index (χ2v) is 10.6. The maximum absolute atomic E-state index is 12.9. The third kappa shape index (κ3) is 7.03. The zero-order valence-corrected chi connectivity index (χ0v) is 26.3. The molecule has 0 atom stereocenters. The van der Waals surface area contributed by atoms with Crippen LogP contribution in [-0.2, 0) is 9.47 Å². The average Bonchev–Trinajstić information content (AvgIpc) is 3.11. The van der Waals surface area contributed by atoms with Crippen molar-refractivity contribution in [3.05, 3.63) is 131 Å². The molecular weight excluding hydrogens is 616 g/mol. The van der Waals surface area contributed by atoms with Crippen LogP contribution in [0, 0.1) is 0 Å². The molecule has 0 aliphatic rings. The number of rotatable bonds is 14. The van der Waals surface area contributed by atoms with Crippen LogP contribution >= 0.6 is 0 Å². The van der Waals surface area contributed by atoms with E-state index >= 15 is 0 Å². The van der Waals surface area contributed by atoms with Crippen LogP contribution in [0.5, 0.6) is 23.0 Å². The number of benzene rings is 4. The van der Waals surface area contributed by atoms with E-state index in [1.165, 1.54) is 6.26 Å². The van der Waals surface area contributed by atoms with Crippen molar-refractivity contribution in [1.82, 2.24) is 0 Å². The Morgan fingerprint density at radius 2 is 1.12 bits per heavy atom. The van der Waals surface area contributed by atoms with Gasteiger partial charge in [-0.1, -0.05) is 43.0 Å². The molecule has 0 unspecified atom stereocenters. The fourth-order valence-electron chi connectivity index (χ4n) is 5.18. The van der Waals surface area contributed by atoms with Crippen molar-refractivity contribution in [3.8, 4) is 45.3 Å². The van der Waals surface area contributed by atoms with Crippen LogP contribution in [0.2, 0.25) is 0 Å². The summed E-state index contributed by atoms with van der Waals surface area (Å²) in [5.41, 5.74) is 1.81. The number of fused-ring (bicyclic) bond motifs is 2. The van der Waals surface area contributed by atoms with Gasteiger partial charge in [-0.3, -0.25) is 0 Å². The van der Waals surface area contributed by atoms with Gasteiger partial charge >= 0.3 is 11.3 Å². The van der Waals surface area contributed by atoms with E-state index in [4.69, 9.17) is 37.3 Å². The van der Waals surface area contributed by atoms with E-state index in [2.05, 4.69) is 6.58 Å². The summed E-state index contributed by atoms with van der Waals surface area (Å²) >= 11 is 0. The van der Waals surface area contributed by atoms with E-state index in [0.717, 1.165) is 10.8 Å². The van der Waals surface area contributed by atoms with Crippen molar-refractivity contribution in [2.24, 2.45) is 0 Å². The monoisotopic (exact) mass is 648 g/mol. The molecule has 6 aromatic rings. The molecule has 10 nitrogen and oxygen atoms in total. The minimum absolute atomic E-state index is 0.0719. The second kappa shape index (κ2) is 14.6. The molecule has 2 aromatic heterocycles. The highest BCUT2D eigenvalue weighted by atomic mass is 16.7. The lowest BCUT2D eigenvalue weighted by atomic mass is 10.0. The van der Waals surface area contributed by atoms with Gasteiger partial charge in [0.15, 0.2) is 6.79 Å². The fourth-order valence-corrected chi connectivity index (χ4v) is 5.18. The lowest BCUT2D eigenvalue weighted by Gasteiger charge is -2.19. The van der Waals surface area contributed by atoms with Gasteiger partial charge in [0.05, 0.1) is 31.6 Å². The Morgan fingerprint density at radius 3 is 1.58 bits per heavy atom. The average molecular weight is 649 g/mol. The van der Waals surface area contributed by atoms with E-state index in [1.807, 2.05) is 36.4 Å². The van der Waals surface area contributed by atoms with Gasteiger partial charge in [0, 0.05) is 34.0 Å². The van der Waals surface area contributed by atoms with Gasteiger partial charge in [-0.05, 0) is 48.5 Å². The molecule has 6 rings (SSSR count). The summed E-state index contributed by atoms with van der Waals surface area (Å²) < 4.78 is 45.1. The molecule has 0 aliphatic heterocycles. The molecule has 0 aliphatic carbocycles. The molecular formula is C38H32O10. The lowest BCUT2D eigenvalue weighted by molar-refractivity contribution is -0.0839. The van der Waals surface area contributed by atoms with E-state index in [-0.39, 0.29) is 20.0 Å². The molecule has 10 heteroatoms. The number of para-hydroxylation sites is 2. The van der Waals surface area contributed by atoms with E-state index in [0.29, 0.717) is 56.4 Å². The molecule has 0 saturated heterocycles. The van der Waals surface area contributed by atoms with Crippen LogP contribution in [-0.4, -0.2) is 40.3 Å². The molecule has 0 radical (unpaired) electrons. The van der Waals surface area contributed by atoms with Crippen molar-refractivity contribution in [3.63, 3.8) is 0 Å². The zero-order valence-electron chi connectivity index (χ0n) is 26.3. The Kier molecular flexibility index (Phi) is 9.73. The fraction of sp³-hybridized carbons (Fsp3) is 0.158. The molecule has 0 saturated carbocycles. The van der Waals surface area contributed by atoms with Crippen molar-refractivity contribution >= 4 is 21.9 Å². The van der Waals surface area contributed by atoms with E-state index in [1.54, 1.807) is 74.9 Å². The Balaban J connectivity index is 1.16. The third-order valence-electron chi connectivity index (χ3n) is 7.57. The highest BCUT2D eigenvalue weighted by Crippen LogP contribution is 2.32. The van der Waals surface area contributed by atoms with Crippen LogP contribution < -0.4 is 30.2 Å². The molecule has 0 amide bonds. The summed E-state index contributed by atoms with van der Waals surface area (Å²) in [7, 11) is 3.11. The molecule has 2 heterocycles. The first-order chi connectivity index (χ1) is 23.5. The second-order valence-electron chi connectivity index (χ2n) is 10.6. The number of hydrogen-bond acceptors (Lipinski definition) is 10. The molecule has 0 N–H and O–H groups in total. The maximum Gasteiger partial charge on any atom is 0.344 e. The van der Waals surface area contributed by atoms with Gasteiger partial charge in [0.2, 0.25) is 0 Å². The Hall–Kier alpha value is -6.00. The van der Waals surface area contributed by atoms with Gasteiger partial charge in [0.1, 0.15) is 53.5 Å². The number of methoxy groups -OCH3 is 2. The summed E-state index contributed by atoms with van der Waals surface area (Å²) in [6.45, 7) is 3.63. The predicted molar refractivity (Wildman–Crippen MR) is 181 cm³/mol. The summed E-state index contributed by atoms with van der Waals surface area (Å²) in [4.78, 5) is 25.8. The highest BCUT2D eigenvalue weighted by Gasteiger charge is 2.17. The van der Waals surface area contributed by atoms with Gasteiger partial charge in [0.25, 0.3) is 0 Å². The summed E-state index contributed by atoms with van der Waals surface area (Å²) in [5.74, 6) is 2.08. The Morgan fingerprint density at radius 1 is 0.646 bits per heavy atom. The van der Waals surface area contributed by atoms with Crippen molar-refractivity contribution < 1.29 is 37.3 Å². The normalized spacial score (nSPS) is 11.1. The van der Waals surface area contributed by atoms with E-state index < -0.39 is 17.4 Å². The molecule has 0 spiro atoms. The van der Waals surface area contributed by atoms with E-state index in [9.17, 15) is 9.59 Å². The van der Waals surface area contributed by atoms with Crippen molar-refractivity contribution in [2.75, 3.05) is 34.2 Å². The maximum atomic E-state index is 12.9. The van der Waals surface area contributed by atoms with Crippen molar-refractivity contribution in [1.29, 1.82) is 0 Å². The SMILES string of the molecule is C=COCOC(COc1ccc2cc(-c3ccccc3OC)c(=O)oc2c1)COc1ccc2cc(-c3ccccc3OC)c(=O)oc2c1. The Bertz CT molecular complexity index is 2030. The number of hydrogen-bond donors (Lipinski definition) is 0. The summed E-state index contributed by atoms with van der Waals surface area (Å²) in [5, 5.41) is 1.44. The lowest BCUT2D eigenvalue weighted by Crippen LogP contribution is -2.29. The smallest absolute Gasteiger partial charge is 0.344 e. The van der Waals surface area contributed by atoms with Gasteiger partial charge < -0.3 is 37.3 Å². The first kappa shape index (κ1) is 32.0. The molecule has 0 bridgehead atoms. The quantitative estimate of drug-likeness (QED) is 0.0519. The minimum Gasteiger partial charge on any atom is -0.496 e. The molecule has 4 aromatic carbocycles. The predicted octanol–water partition coefficient (Wildman–Crippen LogP) is 7.21. The minimum atomic E-state index is -0.573. The van der Waals surface area contributed by atoms with Gasteiger partial charge in [-0.25, -0.2) is 9.59 Å². The topological polar surface area (TPSA) is 116 Å². The molecule has 48 heavy (non-hydrogen) atoms. The summed E-state index contributed by atoms with van der Waals surface area (Å²) in [6.07, 6.45) is 0.699. The van der Waals surface area contributed by atoms with Gasteiger partial charge in [-0.15, -0.1) is 0 Å². The zero-order chi connectivity index (χ0) is 33.5. The van der Waals surface area contributed by atoms with Crippen LogP contribution in [0.25, 0.3) is 44.2 Å². The third-order valence-corrected chi connectivity index (χ3v) is 7.57. The molecule has 0 fully saturated rings. The molecule has 244 valence electrons. The van der Waals surface area contributed by atoms with Crippen LogP contribution in [0.4, 0.5) is 0 Å². The standard InChI is InChI=1S/C38H32O10/c1-4-43-23-46-28(21-44-26-15-13-24-17-31(37(39)47-35(24)19-26)29-9-5-7-11-33(29)41-2)22-45-27-16-14-25-18-32(38(40)48-36(25)20-27)30-10-6-8-12-34(30)42-3/h4-20,28H,1,21-23H2,2-3H3. The Labute approximate surface area is 275 Å². The van der Waals surface area contributed by atoms with Crippen molar-refractivity contribution in [2.45, 2.75) is 6.10 Å². The highest BCUT2D eigenvalue weighted by molar-refractivity contribution is 5.85. The number of ether oxygens (including phenoxy) is 6.